The number of nitrogens with zero attached hydrogens (tertiary/aromatic N) is 4. The third-order valence-electron chi connectivity index (χ3n) is 12.2. The van der Waals surface area contributed by atoms with E-state index in [1.165, 1.54) is 12.1 Å². The van der Waals surface area contributed by atoms with Crippen LogP contribution in [0.2, 0.25) is 0 Å². The summed E-state index contributed by atoms with van der Waals surface area (Å²) >= 11 is 0. The van der Waals surface area contributed by atoms with Crippen molar-refractivity contribution in [1.82, 2.24) is 9.13 Å². The number of nitriles is 2. The van der Waals surface area contributed by atoms with Gasteiger partial charge < -0.3 is 9.13 Å². The predicted molar refractivity (Wildman–Crippen MR) is 245 cm³/mol. The van der Waals surface area contributed by atoms with Gasteiger partial charge >= 0.3 is 12.4 Å². The van der Waals surface area contributed by atoms with Crippen LogP contribution in [0.15, 0.2) is 152 Å². The lowest BCUT2D eigenvalue weighted by Gasteiger charge is -2.19. The average Bonchev–Trinajstić information content (AvgIpc) is 3.79. The molecular weight excluding hydrogens is 831 g/mol. The lowest BCUT2D eigenvalue weighted by atomic mass is 9.95. The summed E-state index contributed by atoms with van der Waals surface area (Å²) in [5, 5.41) is 24.8. The molecule has 2 aromatic heterocycles. The van der Waals surface area contributed by atoms with Gasteiger partial charge in [0.15, 0.2) is 0 Å². The molecule has 0 unspecified atom stereocenters. The van der Waals surface area contributed by atoms with Gasteiger partial charge in [0.25, 0.3) is 0 Å². The minimum atomic E-state index is -5.11. The van der Waals surface area contributed by atoms with Crippen molar-refractivity contribution in [1.29, 1.82) is 10.5 Å². The number of aromatic nitrogens is 2. The molecule has 0 amide bonds. The smallest absolute Gasteiger partial charge is 0.308 e. The Bertz CT molecular complexity index is 3700. The number of hydrogen-bond donors (Lipinski definition) is 0. The second-order valence-electron chi connectivity index (χ2n) is 16.4. The van der Waals surface area contributed by atoms with E-state index in [1.54, 1.807) is 18.2 Å². The number of benzene rings is 8. The molecule has 316 valence electrons. The minimum absolute atomic E-state index is 0.0381. The van der Waals surface area contributed by atoms with E-state index in [2.05, 4.69) is 60.0 Å². The number of fused-ring (bicyclic) bond motifs is 6. The highest BCUT2D eigenvalue weighted by molar-refractivity contribution is 6.12. The summed E-state index contributed by atoms with van der Waals surface area (Å²) in [5.41, 5.74) is 7.58. The summed E-state index contributed by atoms with van der Waals surface area (Å²) in [6.45, 7) is 6.01. The third kappa shape index (κ3) is 6.86. The zero-order chi connectivity index (χ0) is 45.5. The first kappa shape index (κ1) is 41.0. The number of halogens is 6. The van der Waals surface area contributed by atoms with Crippen LogP contribution in [0.4, 0.5) is 26.3 Å². The first-order valence-corrected chi connectivity index (χ1v) is 20.7. The van der Waals surface area contributed by atoms with Gasteiger partial charge in [0.05, 0.1) is 56.2 Å². The van der Waals surface area contributed by atoms with E-state index in [0.29, 0.717) is 50.6 Å². The lowest BCUT2D eigenvalue weighted by Crippen LogP contribution is -2.12. The van der Waals surface area contributed by atoms with Gasteiger partial charge in [0.1, 0.15) is 11.6 Å². The van der Waals surface area contributed by atoms with Crippen molar-refractivity contribution in [3.05, 3.63) is 191 Å². The second kappa shape index (κ2) is 15.0. The number of rotatable bonds is 5. The fraction of sp³-hybridized carbons (Fsp3) is 0.0909. The largest absolute Gasteiger partial charge is 0.417 e. The van der Waals surface area contributed by atoms with E-state index in [0.717, 1.165) is 61.1 Å². The SMILES string of the molecule is Cc1cc(C#N)cc(-c2cc(-n3c4ccccc4c4ccc(-c5ccc(C)cc5C)cc43)c(C#N)c(-n3c4ccccc4c4ccc(-c5ccc(C(F)(F)F)cc5C(F)(F)F)cc43)c2)c1. The van der Waals surface area contributed by atoms with Gasteiger partial charge in [-0.15, -0.1) is 0 Å². The normalized spacial score (nSPS) is 12.0. The fourth-order valence-electron chi connectivity index (χ4n) is 9.40. The van der Waals surface area contributed by atoms with Gasteiger partial charge in [-0.3, -0.25) is 0 Å². The fourth-order valence-corrected chi connectivity index (χ4v) is 9.40. The van der Waals surface area contributed by atoms with Gasteiger partial charge in [-0.25, -0.2) is 0 Å². The molecule has 0 saturated heterocycles. The number of hydrogen-bond acceptors (Lipinski definition) is 2. The van der Waals surface area contributed by atoms with Gasteiger partial charge in [0, 0.05) is 21.5 Å². The van der Waals surface area contributed by atoms with Crippen molar-refractivity contribution in [2.24, 2.45) is 0 Å². The molecule has 0 radical (unpaired) electrons. The van der Waals surface area contributed by atoms with E-state index in [9.17, 15) is 36.9 Å². The van der Waals surface area contributed by atoms with Crippen molar-refractivity contribution >= 4 is 43.6 Å². The van der Waals surface area contributed by atoms with Crippen molar-refractivity contribution in [2.75, 3.05) is 0 Å². The molecule has 10 heteroatoms. The monoisotopic (exact) mass is 864 g/mol. The number of alkyl halides is 6. The van der Waals surface area contributed by atoms with Crippen LogP contribution in [-0.2, 0) is 12.4 Å². The van der Waals surface area contributed by atoms with Crippen LogP contribution in [0.25, 0.3) is 88.4 Å². The van der Waals surface area contributed by atoms with Gasteiger partial charge in [0.2, 0.25) is 0 Å². The maximum atomic E-state index is 14.6. The zero-order valence-corrected chi connectivity index (χ0v) is 35.0. The van der Waals surface area contributed by atoms with Crippen molar-refractivity contribution in [2.45, 2.75) is 33.1 Å². The molecule has 0 aliphatic rings. The van der Waals surface area contributed by atoms with Crippen LogP contribution in [0.5, 0.6) is 0 Å². The van der Waals surface area contributed by atoms with Crippen molar-refractivity contribution < 1.29 is 26.3 Å². The van der Waals surface area contributed by atoms with E-state index in [4.69, 9.17) is 0 Å². The van der Waals surface area contributed by atoms with Crippen LogP contribution in [0.3, 0.4) is 0 Å². The first-order valence-electron chi connectivity index (χ1n) is 20.7. The highest BCUT2D eigenvalue weighted by Crippen LogP contribution is 2.45. The quantitative estimate of drug-likeness (QED) is 0.162. The predicted octanol–water partition coefficient (Wildman–Crippen LogP) is 15.6. The molecule has 0 spiro atoms. The third-order valence-corrected chi connectivity index (χ3v) is 12.2. The Hall–Kier alpha value is -8.08. The summed E-state index contributed by atoms with van der Waals surface area (Å²) < 4.78 is 89.1. The number of para-hydroxylation sites is 2. The van der Waals surface area contributed by atoms with Crippen LogP contribution >= 0.6 is 0 Å². The molecule has 0 aliphatic carbocycles. The molecule has 0 fully saturated rings. The summed E-state index contributed by atoms with van der Waals surface area (Å²) in [4.78, 5) is 0. The van der Waals surface area contributed by atoms with Crippen LogP contribution < -0.4 is 0 Å². The summed E-state index contributed by atoms with van der Waals surface area (Å²) in [6, 6.07) is 48.4. The molecular formula is C55H34F6N4. The van der Waals surface area contributed by atoms with E-state index < -0.39 is 29.0 Å². The van der Waals surface area contributed by atoms with Crippen LogP contribution in [-0.4, -0.2) is 9.13 Å². The highest BCUT2D eigenvalue weighted by atomic mass is 19.4. The minimum Gasteiger partial charge on any atom is -0.308 e. The molecule has 8 aromatic carbocycles. The second-order valence-corrected chi connectivity index (χ2v) is 16.4. The zero-order valence-electron chi connectivity index (χ0n) is 35.0. The Morgan fingerprint density at radius 1 is 0.431 bits per heavy atom. The van der Waals surface area contributed by atoms with Crippen LogP contribution in [0, 0.1) is 43.4 Å². The summed E-state index contributed by atoms with van der Waals surface area (Å²) in [5.74, 6) is 0. The van der Waals surface area contributed by atoms with Crippen LogP contribution in [0.1, 0.15) is 38.9 Å². The van der Waals surface area contributed by atoms with E-state index >= 15 is 0 Å². The maximum Gasteiger partial charge on any atom is 0.417 e. The molecule has 65 heavy (non-hydrogen) atoms. The molecule has 4 nitrogen and oxygen atoms in total. The van der Waals surface area contributed by atoms with E-state index in [-0.39, 0.29) is 17.2 Å². The standard InChI is InChI=1S/C55H34F6N4/c1-31-12-16-40(33(3)20-31)35-13-17-44-42-8-4-6-10-48(42)64(50(44)24-35)52-26-38(37-22-32(2)21-34(23-37)29-62)27-53(46(52)30-63)65-49-11-7-5-9-43(49)45-18-14-36(25-51(45)65)41-19-15-39(54(56,57)58)28-47(41)55(59,60)61/h4-28H,1-3H3. The van der Waals surface area contributed by atoms with E-state index in [1.807, 2.05) is 85.1 Å². The molecule has 0 saturated carbocycles. The highest BCUT2D eigenvalue weighted by Gasteiger charge is 2.38. The Morgan fingerprint density at radius 3 is 1.51 bits per heavy atom. The maximum absolute atomic E-state index is 14.6. The Kier molecular flexibility index (Phi) is 9.47. The van der Waals surface area contributed by atoms with Crippen molar-refractivity contribution in [3.8, 4) is 56.9 Å². The molecule has 0 atom stereocenters. The molecule has 10 aromatic rings. The molecule has 10 rings (SSSR count). The molecule has 0 bridgehead atoms. The molecule has 0 N–H and O–H groups in total. The summed E-state index contributed by atoms with van der Waals surface area (Å²) in [6.07, 6.45) is -10.1. The Labute approximate surface area is 369 Å². The van der Waals surface area contributed by atoms with Gasteiger partial charge in [-0.1, -0.05) is 96.6 Å². The lowest BCUT2D eigenvalue weighted by molar-refractivity contribution is -0.142. The topological polar surface area (TPSA) is 57.4 Å². The Balaban J connectivity index is 1.33. The van der Waals surface area contributed by atoms with Crippen molar-refractivity contribution in [3.63, 3.8) is 0 Å². The average molecular weight is 865 g/mol. The first-order chi connectivity index (χ1) is 31.1. The van der Waals surface area contributed by atoms with Gasteiger partial charge in [-0.2, -0.15) is 36.9 Å². The Morgan fingerprint density at radius 2 is 0.969 bits per heavy atom. The molecule has 2 heterocycles. The molecule has 0 aliphatic heterocycles. The summed E-state index contributed by atoms with van der Waals surface area (Å²) in [7, 11) is 0. The number of aryl methyl sites for hydroxylation is 3. The van der Waals surface area contributed by atoms with Gasteiger partial charge in [-0.05, 0) is 126 Å².